The number of halogens is 3. The predicted molar refractivity (Wildman–Crippen MR) is 156 cm³/mol. The number of carbonyl (C=O) groups excluding carboxylic acids is 1. The number of rotatable bonds is 5. The van der Waals surface area contributed by atoms with E-state index in [0.717, 1.165) is 21.9 Å². The summed E-state index contributed by atoms with van der Waals surface area (Å²) in [6, 6.07) is 8.01. The van der Waals surface area contributed by atoms with Gasteiger partial charge in [0.2, 0.25) is 0 Å². The Hall–Kier alpha value is -4.17. The molecule has 0 atom stereocenters. The van der Waals surface area contributed by atoms with Crippen LogP contribution in [0.15, 0.2) is 53.8 Å². The van der Waals surface area contributed by atoms with Crippen LogP contribution in [0.5, 0.6) is 0 Å². The van der Waals surface area contributed by atoms with E-state index in [2.05, 4.69) is 10.2 Å². The number of nitrogens with zero attached hydrogens (tertiary/aromatic N) is 6. The number of hydrogen-bond donors (Lipinski definition) is 1. The van der Waals surface area contributed by atoms with Gasteiger partial charge in [-0.3, -0.25) is 8.97 Å². The molecule has 2 aliphatic heterocycles. The molecule has 0 radical (unpaired) electrons. The van der Waals surface area contributed by atoms with Gasteiger partial charge in [-0.05, 0) is 57.4 Å². The standard InChI is InChI=1S/C31H35F3N6O5/c1-28(2,3)45-27(42)38-10-8-30(43,9-11-38)21-13-23(31(32,33)34)24-16-39(26(41)40(24)15-21)22-7-5-6-20(12-22)29(17-44-18-29)14-25-36-35-19-37(25)4/h5-7,12-13,15-16,19,43H,8-11,14,17-18H2,1-4H3. The first kappa shape index (κ1) is 30.8. The van der Waals surface area contributed by atoms with Gasteiger partial charge in [0.15, 0.2) is 0 Å². The van der Waals surface area contributed by atoms with Crippen LogP contribution in [0.1, 0.15) is 56.1 Å². The van der Waals surface area contributed by atoms with Gasteiger partial charge >= 0.3 is 18.0 Å². The monoisotopic (exact) mass is 628 g/mol. The summed E-state index contributed by atoms with van der Waals surface area (Å²) in [6.07, 6.45) is -0.826. The highest BCUT2D eigenvalue weighted by atomic mass is 19.4. The van der Waals surface area contributed by atoms with Crippen LogP contribution in [-0.4, -0.2) is 71.7 Å². The maximum Gasteiger partial charge on any atom is 0.418 e. The van der Waals surface area contributed by atoms with Crippen LogP contribution in [0.3, 0.4) is 0 Å². The quantitative estimate of drug-likeness (QED) is 0.356. The Kier molecular flexibility index (Phi) is 7.35. The molecule has 1 amide bonds. The minimum atomic E-state index is -4.81. The van der Waals surface area contributed by atoms with Crippen molar-refractivity contribution in [2.24, 2.45) is 7.05 Å². The molecule has 14 heteroatoms. The lowest BCUT2D eigenvalue weighted by Crippen LogP contribution is -2.49. The zero-order chi connectivity index (χ0) is 32.4. The molecule has 11 nitrogen and oxygen atoms in total. The molecule has 240 valence electrons. The fourth-order valence-corrected chi connectivity index (χ4v) is 6.00. The third-order valence-electron chi connectivity index (χ3n) is 8.65. The molecular formula is C31H35F3N6O5. The number of pyridine rings is 1. The lowest BCUT2D eigenvalue weighted by atomic mass is 9.75. The van der Waals surface area contributed by atoms with E-state index in [1.165, 1.54) is 21.9 Å². The molecule has 2 fully saturated rings. The van der Waals surface area contributed by atoms with Crippen molar-refractivity contribution in [3.63, 3.8) is 0 Å². The van der Waals surface area contributed by atoms with Crippen molar-refractivity contribution >= 4 is 11.6 Å². The minimum Gasteiger partial charge on any atom is -0.444 e. The van der Waals surface area contributed by atoms with Gasteiger partial charge in [0.25, 0.3) is 0 Å². The molecule has 0 spiro atoms. The molecule has 3 aromatic heterocycles. The first-order valence-electron chi connectivity index (χ1n) is 14.7. The molecule has 4 aromatic rings. The van der Waals surface area contributed by atoms with E-state index in [4.69, 9.17) is 9.47 Å². The number of hydrogen-bond acceptors (Lipinski definition) is 7. The number of aromatic nitrogens is 5. The summed E-state index contributed by atoms with van der Waals surface area (Å²) in [5.74, 6) is 0.757. The molecule has 1 aromatic carbocycles. The first-order valence-corrected chi connectivity index (χ1v) is 14.7. The zero-order valence-electron chi connectivity index (χ0n) is 25.5. The molecule has 2 saturated heterocycles. The summed E-state index contributed by atoms with van der Waals surface area (Å²) in [5.41, 5.74) is -3.72. The molecule has 0 aliphatic carbocycles. The zero-order valence-corrected chi connectivity index (χ0v) is 25.5. The summed E-state index contributed by atoms with van der Waals surface area (Å²) in [4.78, 5) is 27.7. The van der Waals surface area contributed by atoms with Gasteiger partial charge in [0.05, 0.1) is 35.6 Å². The van der Waals surface area contributed by atoms with Crippen molar-refractivity contribution in [2.45, 2.75) is 62.8 Å². The van der Waals surface area contributed by atoms with Gasteiger partial charge < -0.3 is 24.0 Å². The Morgan fingerprint density at radius 3 is 2.38 bits per heavy atom. The Bertz CT molecular complexity index is 1810. The Balaban J connectivity index is 1.36. The number of aryl methyl sites for hydroxylation is 1. The lowest BCUT2D eigenvalue weighted by Gasteiger charge is -2.41. The molecular weight excluding hydrogens is 593 g/mol. The summed E-state index contributed by atoms with van der Waals surface area (Å²) in [5, 5.41) is 19.7. The number of imidazole rings is 1. The topological polar surface area (TPSA) is 116 Å². The number of piperidine rings is 1. The number of benzene rings is 1. The van der Waals surface area contributed by atoms with E-state index in [-0.39, 0.29) is 37.0 Å². The predicted octanol–water partition coefficient (Wildman–Crippen LogP) is 3.97. The van der Waals surface area contributed by atoms with Crippen LogP contribution in [0.4, 0.5) is 18.0 Å². The molecule has 0 bridgehead atoms. The maximum absolute atomic E-state index is 14.4. The molecule has 1 N–H and O–H groups in total. The fraction of sp³-hybridized carbons (Fsp3) is 0.484. The van der Waals surface area contributed by atoms with E-state index >= 15 is 0 Å². The van der Waals surface area contributed by atoms with Crippen LogP contribution in [0, 0.1) is 0 Å². The summed E-state index contributed by atoms with van der Waals surface area (Å²) >= 11 is 0. The van der Waals surface area contributed by atoms with E-state index in [1.54, 1.807) is 45.3 Å². The Morgan fingerprint density at radius 1 is 1.09 bits per heavy atom. The molecule has 0 unspecified atom stereocenters. The van der Waals surface area contributed by atoms with Gasteiger partial charge in [-0.25, -0.2) is 9.59 Å². The average Bonchev–Trinajstić information content (AvgIpc) is 3.51. The van der Waals surface area contributed by atoms with E-state index in [0.29, 0.717) is 25.3 Å². The van der Waals surface area contributed by atoms with Crippen molar-refractivity contribution in [1.29, 1.82) is 0 Å². The third-order valence-corrected chi connectivity index (χ3v) is 8.65. The number of alkyl halides is 3. The fourth-order valence-electron chi connectivity index (χ4n) is 6.00. The van der Waals surface area contributed by atoms with E-state index in [1.807, 2.05) is 17.7 Å². The third kappa shape index (κ3) is 5.72. The van der Waals surface area contributed by atoms with Crippen LogP contribution in [0.25, 0.3) is 11.2 Å². The van der Waals surface area contributed by atoms with Crippen LogP contribution >= 0.6 is 0 Å². The second-order valence-electron chi connectivity index (χ2n) is 13.0. The molecule has 5 heterocycles. The van der Waals surface area contributed by atoms with Crippen molar-refractivity contribution in [1.82, 2.24) is 28.6 Å². The second kappa shape index (κ2) is 10.7. The number of amides is 1. The first-order chi connectivity index (χ1) is 21.1. The van der Waals surface area contributed by atoms with Crippen molar-refractivity contribution in [3.05, 3.63) is 82.1 Å². The van der Waals surface area contributed by atoms with Gasteiger partial charge in [-0.15, -0.1) is 10.2 Å². The van der Waals surface area contributed by atoms with Gasteiger partial charge in [0.1, 0.15) is 17.8 Å². The largest absolute Gasteiger partial charge is 0.444 e. The van der Waals surface area contributed by atoms with Crippen LogP contribution in [-0.2, 0) is 40.1 Å². The number of fused-ring (bicyclic) bond motifs is 1. The summed E-state index contributed by atoms with van der Waals surface area (Å²) < 4.78 is 58.2. The Labute approximate surface area is 256 Å². The summed E-state index contributed by atoms with van der Waals surface area (Å²) in [7, 11) is 1.85. The molecule has 45 heavy (non-hydrogen) atoms. The number of aliphatic hydroxyl groups is 1. The van der Waals surface area contributed by atoms with Gasteiger partial charge in [0, 0.05) is 49.9 Å². The van der Waals surface area contributed by atoms with E-state index in [9.17, 15) is 27.9 Å². The second-order valence-corrected chi connectivity index (χ2v) is 13.0. The average molecular weight is 629 g/mol. The smallest absolute Gasteiger partial charge is 0.418 e. The highest BCUT2D eigenvalue weighted by molar-refractivity contribution is 5.68. The van der Waals surface area contributed by atoms with E-state index < -0.39 is 40.1 Å². The SMILES string of the molecule is Cn1cnnc1CC1(c2cccc(-n3cc4c(C(F)(F)F)cc(C5(O)CCN(C(=O)OC(C)(C)C)CC5)cn4c3=O)c2)COC1. The van der Waals surface area contributed by atoms with Gasteiger partial charge in [-0.1, -0.05) is 12.1 Å². The Morgan fingerprint density at radius 2 is 1.80 bits per heavy atom. The normalized spacial score (nSPS) is 18.2. The van der Waals surface area contributed by atoms with Gasteiger partial charge in [-0.2, -0.15) is 13.2 Å². The molecule has 2 aliphatic rings. The molecule has 0 saturated carbocycles. The van der Waals surface area contributed by atoms with Crippen molar-refractivity contribution < 1.29 is 32.5 Å². The highest BCUT2D eigenvalue weighted by Gasteiger charge is 2.43. The molecule has 6 rings (SSSR count). The minimum absolute atomic E-state index is 0.0256. The van der Waals surface area contributed by atoms with Crippen LogP contribution < -0.4 is 5.69 Å². The highest BCUT2D eigenvalue weighted by Crippen LogP contribution is 2.40. The maximum atomic E-state index is 14.4. The van der Waals surface area contributed by atoms with Crippen LogP contribution in [0.2, 0.25) is 0 Å². The van der Waals surface area contributed by atoms with Crippen molar-refractivity contribution in [3.8, 4) is 5.69 Å². The summed E-state index contributed by atoms with van der Waals surface area (Å²) in [6.45, 7) is 6.19. The number of carbonyl (C=O) groups is 1. The van der Waals surface area contributed by atoms with Crippen molar-refractivity contribution in [2.75, 3.05) is 26.3 Å². The number of likely N-dealkylation sites (tertiary alicyclic amines) is 1. The number of ether oxygens (including phenoxy) is 2. The lowest BCUT2D eigenvalue weighted by molar-refractivity contribution is -0.136.